The maximum Gasteiger partial charge on any atom is 0.101 e. The van der Waals surface area contributed by atoms with Crippen LogP contribution in [0.2, 0.25) is 0 Å². The average Bonchev–Trinajstić information content (AvgIpc) is 2.99. The van der Waals surface area contributed by atoms with Gasteiger partial charge in [0.1, 0.15) is 5.60 Å². The molecular weight excluding hydrogens is 304 g/mol. The van der Waals surface area contributed by atoms with E-state index in [0.29, 0.717) is 19.1 Å². The Morgan fingerprint density at radius 1 is 1.33 bits per heavy atom. The molecule has 2 fully saturated rings. The summed E-state index contributed by atoms with van der Waals surface area (Å²) < 4.78 is 5.51. The summed E-state index contributed by atoms with van der Waals surface area (Å²) in [7, 11) is 2.20. The lowest BCUT2D eigenvalue weighted by atomic mass is 9.89. The highest BCUT2D eigenvalue weighted by Crippen LogP contribution is 2.33. The minimum absolute atomic E-state index is 0.476. The third kappa shape index (κ3) is 3.38. The molecule has 3 aliphatic rings. The van der Waals surface area contributed by atoms with Crippen LogP contribution in [0.25, 0.3) is 0 Å². The second-order valence-corrected chi connectivity index (χ2v) is 7.98. The summed E-state index contributed by atoms with van der Waals surface area (Å²) in [4.78, 5) is 4.80. The largest absolute Gasteiger partial charge is 0.386 e. The van der Waals surface area contributed by atoms with E-state index in [0.717, 1.165) is 52.0 Å². The molecule has 0 amide bonds. The minimum Gasteiger partial charge on any atom is -0.386 e. The van der Waals surface area contributed by atoms with Gasteiger partial charge in [0.05, 0.1) is 12.3 Å². The van der Waals surface area contributed by atoms with Crippen LogP contribution in [0.3, 0.4) is 0 Å². The van der Waals surface area contributed by atoms with E-state index in [1.54, 1.807) is 0 Å². The van der Waals surface area contributed by atoms with E-state index in [2.05, 4.69) is 27.0 Å². The van der Waals surface area contributed by atoms with Crippen molar-refractivity contribution in [3.05, 3.63) is 17.0 Å². The zero-order chi connectivity index (χ0) is 16.6. The van der Waals surface area contributed by atoms with Crippen molar-refractivity contribution in [3.63, 3.8) is 0 Å². The summed E-state index contributed by atoms with van der Waals surface area (Å²) in [5.74, 6) is 0.585. The number of ether oxygens (including phenoxy) is 1. The molecule has 0 aromatic carbocycles. The SMILES string of the molecule is CN1CCC(c2n[nH]c3c2CN(CC2(O)CCCOC2)CC3)CC1. The van der Waals surface area contributed by atoms with E-state index in [1.807, 2.05) is 0 Å². The summed E-state index contributed by atoms with van der Waals surface area (Å²) in [5, 5.41) is 18.8. The van der Waals surface area contributed by atoms with Crippen molar-refractivity contribution >= 4 is 0 Å². The minimum atomic E-state index is -0.673. The number of likely N-dealkylation sites (tertiary alicyclic amines) is 1. The van der Waals surface area contributed by atoms with Crippen molar-refractivity contribution in [2.24, 2.45) is 0 Å². The highest BCUT2D eigenvalue weighted by Gasteiger charge is 2.35. The fourth-order valence-electron chi connectivity index (χ4n) is 4.51. The van der Waals surface area contributed by atoms with Gasteiger partial charge in [-0.25, -0.2) is 0 Å². The molecule has 0 radical (unpaired) electrons. The van der Waals surface area contributed by atoms with Crippen LogP contribution in [0, 0.1) is 0 Å². The number of piperidine rings is 1. The van der Waals surface area contributed by atoms with Gasteiger partial charge in [0, 0.05) is 49.8 Å². The Bertz CT molecular complexity index is 559. The number of nitrogens with zero attached hydrogens (tertiary/aromatic N) is 3. The smallest absolute Gasteiger partial charge is 0.101 e. The van der Waals surface area contributed by atoms with Gasteiger partial charge in [-0.1, -0.05) is 0 Å². The highest BCUT2D eigenvalue weighted by molar-refractivity contribution is 5.30. The van der Waals surface area contributed by atoms with Crippen LogP contribution in [0.15, 0.2) is 0 Å². The molecular formula is C18H30N4O2. The molecule has 1 atom stereocenters. The maximum atomic E-state index is 10.8. The fourth-order valence-corrected chi connectivity index (χ4v) is 4.51. The van der Waals surface area contributed by atoms with Gasteiger partial charge >= 0.3 is 0 Å². The van der Waals surface area contributed by atoms with E-state index in [9.17, 15) is 5.11 Å². The van der Waals surface area contributed by atoms with E-state index >= 15 is 0 Å². The predicted molar refractivity (Wildman–Crippen MR) is 92.0 cm³/mol. The predicted octanol–water partition coefficient (Wildman–Crippen LogP) is 1.12. The zero-order valence-corrected chi connectivity index (χ0v) is 14.8. The highest BCUT2D eigenvalue weighted by atomic mass is 16.5. The maximum absolute atomic E-state index is 10.8. The third-order valence-electron chi connectivity index (χ3n) is 5.97. The van der Waals surface area contributed by atoms with E-state index in [4.69, 9.17) is 4.74 Å². The number of nitrogens with one attached hydrogen (secondary N) is 1. The number of H-pyrrole nitrogens is 1. The first-order valence-electron chi connectivity index (χ1n) is 9.40. The second-order valence-electron chi connectivity index (χ2n) is 7.98. The molecule has 3 aliphatic heterocycles. The monoisotopic (exact) mass is 334 g/mol. The lowest BCUT2D eigenvalue weighted by Crippen LogP contribution is -2.49. The third-order valence-corrected chi connectivity index (χ3v) is 5.97. The number of β-amino-alcohol motifs (C(OH)–C–C–N with tert-alkyl or cyclic N) is 1. The molecule has 2 saturated heterocycles. The van der Waals surface area contributed by atoms with Gasteiger partial charge in [0.25, 0.3) is 0 Å². The van der Waals surface area contributed by atoms with Crippen molar-refractivity contribution < 1.29 is 9.84 Å². The standard InChI is InChI=1S/C18H30N4O2/c1-21-7-3-14(4-8-21)17-15-11-22(9-5-16(15)19-20-17)12-18(23)6-2-10-24-13-18/h14,23H,2-13H2,1H3,(H,19,20). The Hall–Kier alpha value is -0.950. The Morgan fingerprint density at radius 2 is 2.17 bits per heavy atom. The van der Waals surface area contributed by atoms with Crippen LogP contribution in [0.1, 0.15) is 48.6 Å². The molecule has 1 unspecified atom stereocenters. The number of aromatic amines is 1. The van der Waals surface area contributed by atoms with Gasteiger partial charge < -0.3 is 14.7 Å². The number of rotatable bonds is 3. The van der Waals surface area contributed by atoms with Gasteiger partial charge in [0.15, 0.2) is 0 Å². The quantitative estimate of drug-likeness (QED) is 0.867. The first kappa shape index (κ1) is 16.5. The molecule has 1 aromatic rings. The number of aliphatic hydroxyl groups is 1. The molecule has 1 aromatic heterocycles. The number of hydrogen-bond donors (Lipinski definition) is 2. The molecule has 24 heavy (non-hydrogen) atoms. The fraction of sp³-hybridized carbons (Fsp3) is 0.833. The van der Waals surface area contributed by atoms with Crippen molar-refractivity contribution in [3.8, 4) is 0 Å². The molecule has 6 nitrogen and oxygen atoms in total. The summed E-state index contributed by atoms with van der Waals surface area (Å²) in [6.45, 7) is 6.20. The van der Waals surface area contributed by atoms with Crippen LogP contribution in [0.4, 0.5) is 0 Å². The Morgan fingerprint density at radius 3 is 2.92 bits per heavy atom. The number of hydrogen-bond acceptors (Lipinski definition) is 5. The molecule has 0 bridgehead atoms. The summed E-state index contributed by atoms with van der Waals surface area (Å²) in [5.41, 5.74) is 3.32. The van der Waals surface area contributed by atoms with Gasteiger partial charge in [-0.3, -0.25) is 10.00 Å². The van der Waals surface area contributed by atoms with E-state index in [1.165, 1.54) is 29.8 Å². The summed E-state index contributed by atoms with van der Waals surface area (Å²) in [6.07, 6.45) is 5.22. The van der Waals surface area contributed by atoms with Crippen LogP contribution in [-0.4, -0.2) is 77.1 Å². The van der Waals surface area contributed by atoms with Crippen LogP contribution in [-0.2, 0) is 17.7 Å². The Kier molecular flexibility index (Phi) is 4.64. The lowest BCUT2D eigenvalue weighted by Gasteiger charge is -2.38. The van der Waals surface area contributed by atoms with E-state index in [-0.39, 0.29) is 0 Å². The normalized spacial score (nSPS) is 30.4. The van der Waals surface area contributed by atoms with Gasteiger partial charge in [-0.15, -0.1) is 0 Å². The Balaban J connectivity index is 1.45. The van der Waals surface area contributed by atoms with Crippen LogP contribution in [0.5, 0.6) is 0 Å². The molecule has 0 spiro atoms. The van der Waals surface area contributed by atoms with Crippen LogP contribution >= 0.6 is 0 Å². The van der Waals surface area contributed by atoms with Crippen molar-refractivity contribution in [1.82, 2.24) is 20.0 Å². The van der Waals surface area contributed by atoms with Crippen molar-refractivity contribution in [2.45, 2.75) is 50.2 Å². The van der Waals surface area contributed by atoms with Crippen molar-refractivity contribution in [2.75, 3.05) is 46.4 Å². The number of fused-ring (bicyclic) bond motifs is 1. The van der Waals surface area contributed by atoms with Gasteiger partial charge in [0.2, 0.25) is 0 Å². The molecule has 4 rings (SSSR count). The Labute approximate surface area is 144 Å². The zero-order valence-electron chi connectivity index (χ0n) is 14.8. The molecule has 4 heterocycles. The topological polar surface area (TPSA) is 64.6 Å². The van der Waals surface area contributed by atoms with Gasteiger partial charge in [-0.2, -0.15) is 5.10 Å². The summed E-state index contributed by atoms with van der Waals surface area (Å²) >= 11 is 0. The van der Waals surface area contributed by atoms with Crippen LogP contribution < -0.4 is 0 Å². The average molecular weight is 334 g/mol. The first-order chi connectivity index (χ1) is 11.6. The molecule has 0 aliphatic carbocycles. The molecule has 6 heteroatoms. The first-order valence-corrected chi connectivity index (χ1v) is 9.40. The number of aromatic nitrogens is 2. The van der Waals surface area contributed by atoms with E-state index < -0.39 is 5.60 Å². The second kappa shape index (κ2) is 6.75. The van der Waals surface area contributed by atoms with Crippen molar-refractivity contribution in [1.29, 1.82) is 0 Å². The molecule has 134 valence electrons. The molecule has 2 N–H and O–H groups in total. The lowest BCUT2D eigenvalue weighted by molar-refractivity contribution is -0.102. The molecule has 0 saturated carbocycles. The summed E-state index contributed by atoms with van der Waals surface area (Å²) in [6, 6.07) is 0. The van der Waals surface area contributed by atoms with Gasteiger partial charge in [-0.05, 0) is 45.8 Å².